The van der Waals surface area contributed by atoms with E-state index in [1.54, 1.807) is 0 Å². The summed E-state index contributed by atoms with van der Waals surface area (Å²) in [5.41, 5.74) is 2.33. The molecule has 1 aliphatic carbocycles. The van der Waals surface area contributed by atoms with Gasteiger partial charge in [-0.2, -0.15) is 0 Å². The van der Waals surface area contributed by atoms with Gasteiger partial charge in [0.05, 0.1) is 12.1 Å². The Morgan fingerprint density at radius 2 is 1.83 bits per heavy atom. The number of benzene rings is 1. The van der Waals surface area contributed by atoms with Gasteiger partial charge in [0.2, 0.25) is 0 Å². The van der Waals surface area contributed by atoms with E-state index < -0.39 is 6.10 Å². The van der Waals surface area contributed by atoms with Crippen LogP contribution in [0.4, 0.5) is 4.79 Å². The highest BCUT2D eigenvalue weighted by molar-refractivity contribution is 5.75. The second kappa shape index (κ2) is 6.73. The summed E-state index contributed by atoms with van der Waals surface area (Å²) in [5, 5.41) is 16.3. The van der Waals surface area contributed by atoms with Gasteiger partial charge in [-0.25, -0.2) is 4.79 Å². The molecule has 3 N–H and O–H groups in total. The lowest BCUT2D eigenvalue weighted by molar-refractivity contribution is 0.0968. The van der Waals surface area contributed by atoms with Gasteiger partial charge in [0.25, 0.3) is 0 Å². The zero-order chi connectivity index (χ0) is 17.3. The van der Waals surface area contributed by atoms with Gasteiger partial charge in [0, 0.05) is 31.1 Å². The summed E-state index contributed by atoms with van der Waals surface area (Å²) in [7, 11) is 0. The molecule has 132 valence electrons. The number of likely N-dealkylation sites (tertiary alicyclic amines) is 1. The number of carbonyl (C=O) groups is 1. The van der Waals surface area contributed by atoms with Crippen LogP contribution in [0, 0.1) is 0 Å². The molecule has 3 rings (SSSR count). The van der Waals surface area contributed by atoms with Crippen molar-refractivity contribution < 1.29 is 9.90 Å². The SMILES string of the molecule is CC(C)(C)N1CCC(NC(=O)NC2c3ccccc3CC2O)CC1. The highest BCUT2D eigenvalue weighted by Crippen LogP contribution is 2.31. The minimum Gasteiger partial charge on any atom is -0.390 e. The third-order valence-electron chi connectivity index (χ3n) is 5.27. The third-order valence-corrected chi connectivity index (χ3v) is 5.27. The van der Waals surface area contributed by atoms with E-state index in [0.29, 0.717) is 6.42 Å². The Bertz CT molecular complexity index is 589. The summed E-state index contributed by atoms with van der Waals surface area (Å²) in [6, 6.07) is 7.64. The Balaban J connectivity index is 1.52. The zero-order valence-electron chi connectivity index (χ0n) is 14.9. The van der Waals surface area contributed by atoms with Crippen LogP contribution in [0.1, 0.15) is 50.8 Å². The Morgan fingerprint density at radius 1 is 1.17 bits per heavy atom. The molecule has 2 unspecified atom stereocenters. The van der Waals surface area contributed by atoms with Crippen molar-refractivity contribution in [2.75, 3.05) is 13.1 Å². The number of urea groups is 1. The molecule has 0 aromatic heterocycles. The maximum Gasteiger partial charge on any atom is 0.315 e. The van der Waals surface area contributed by atoms with Crippen molar-refractivity contribution in [2.24, 2.45) is 0 Å². The molecule has 2 atom stereocenters. The minimum absolute atomic E-state index is 0.176. The number of hydrogen-bond acceptors (Lipinski definition) is 3. The van der Waals surface area contributed by atoms with Crippen LogP contribution in [-0.2, 0) is 6.42 Å². The Hall–Kier alpha value is -1.59. The summed E-state index contributed by atoms with van der Waals surface area (Å²) in [5.74, 6) is 0. The first-order chi connectivity index (χ1) is 11.3. The number of fused-ring (bicyclic) bond motifs is 1. The molecule has 0 spiro atoms. The molecule has 5 nitrogen and oxygen atoms in total. The number of amides is 2. The van der Waals surface area contributed by atoms with E-state index in [2.05, 4.69) is 36.3 Å². The standard InChI is InChI=1S/C19H29N3O2/c1-19(2,3)22-10-8-14(9-11-22)20-18(24)21-17-15-7-5-4-6-13(15)12-16(17)23/h4-7,14,16-17,23H,8-12H2,1-3H3,(H2,20,21,24). The number of piperidine rings is 1. The van der Waals surface area contributed by atoms with Gasteiger partial charge in [-0.15, -0.1) is 0 Å². The van der Waals surface area contributed by atoms with E-state index in [-0.39, 0.29) is 23.7 Å². The van der Waals surface area contributed by atoms with Crippen LogP contribution < -0.4 is 10.6 Å². The van der Waals surface area contributed by atoms with Crippen LogP contribution in [0.5, 0.6) is 0 Å². The Kier molecular flexibility index (Phi) is 4.83. The van der Waals surface area contributed by atoms with Crippen LogP contribution in [0.3, 0.4) is 0 Å². The molecule has 1 aromatic carbocycles. The van der Waals surface area contributed by atoms with Crippen LogP contribution in [0.25, 0.3) is 0 Å². The van der Waals surface area contributed by atoms with Crippen molar-refractivity contribution in [3.63, 3.8) is 0 Å². The fourth-order valence-electron chi connectivity index (χ4n) is 3.81. The van der Waals surface area contributed by atoms with Gasteiger partial charge in [-0.05, 0) is 44.7 Å². The van der Waals surface area contributed by atoms with Crippen LogP contribution >= 0.6 is 0 Å². The van der Waals surface area contributed by atoms with Crippen molar-refractivity contribution in [2.45, 2.75) is 63.8 Å². The highest BCUT2D eigenvalue weighted by Gasteiger charge is 2.33. The lowest BCUT2D eigenvalue weighted by atomic mass is 9.98. The maximum absolute atomic E-state index is 12.4. The Morgan fingerprint density at radius 3 is 2.50 bits per heavy atom. The molecule has 1 fully saturated rings. The normalized spacial score (nSPS) is 25.3. The minimum atomic E-state index is -0.545. The molecule has 1 saturated heterocycles. The van der Waals surface area contributed by atoms with Crippen LogP contribution in [0.2, 0.25) is 0 Å². The molecule has 1 aromatic rings. The first kappa shape index (κ1) is 17.2. The van der Waals surface area contributed by atoms with E-state index >= 15 is 0 Å². The summed E-state index contributed by atoms with van der Waals surface area (Å²) in [6.07, 6.45) is 1.99. The lowest BCUT2D eigenvalue weighted by Gasteiger charge is -2.41. The molecule has 0 radical (unpaired) electrons. The quantitative estimate of drug-likeness (QED) is 0.778. The van der Waals surface area contributed by atoms with Crippen molar-refractivity contribution in [1.29, 1.82) is 0 Å². The van der Waals surface area contributed by atoms with Gasteiger partial charge in [-0.3, -0.25) is 4.90 Å². The molecular weight excluding hydrogens is 302 g/mol. The number of nitrogens with one attached hydrogen (secondary N) is 2. The molecule has 2 amide bonds. The fraction of sp³-hybridized carbons (Fsp3) is 0.632. The van der Waals surface area contributed by atoms with E-state index in [0.717, 1.165) is 37.1 Å². The highest BCUT2D eigenvalue weighted by atomic mass is 16.3. The number of nitrogens with zero attached hydrogens (tertiary/aromatic N) is 1. The van der Waals surface area contributed by atoms with Gasteiger partial charge < -0.3 is 15.7 Å². The lowest BCUT2D eigenvalue weighted by Crippen LogP contribution is -2.52. The molecule has 24 heavy (non-hydrogen) atoms. The van der Waals surface area contributed by atoms with Gasteiger partial charge >= 0.3 is 6.03 Å². The van der Waals surface area contributed by atoms with E-state index in [1.807, 2.05) is 24.3 Å². The van der Waals surface area contributed by atoms with Crippen molar-refractivity contribution in [3.05, 3.63) is 35.4 Å². The summed E-state index contributed by atoms with van der Waals surface area (Å²) < 4.78 is 0. The number of aliphatic hydroxyl groups excluding tert-OH is 1. The predicted octanol–water partition coefficient (Wildman–Crippen LogP) is 2.21. The van der Waals surface area contributed by atoms with Gasteiger partial charge in [-0.1, -0.05) is 24.3 Å². The van der Waals surface area contributed by atoms with Crippen LogP contribution in [-0.4, -0.2) is 46.8 Å². The van der Waals surface area contributed by atoms with Gasteiger partial charge in [0.1, 0.15) is 0 Å². The van der Waals surface area contributed by atoms with Crippen molar-refractivity contribution >= 4 is 6.03 Å². The molecule has 0 saturated carbocycles. The summed E-state index contributed by atoms with van der Waals surface area (Å²) in [6.45, 7) is 8.69. The summed E-state index contributed by atoms with van der Waals surface area (Å²) in [4.78, 5) is 14.8. The van der Waals surface area contributed by atoms with Crippen molar-refractivity contribution in [1.82, 2.24) is 15.5 Å². The number of rotatable bonds is 2. The van der Waals surface area contributed by atoms with E-state index in [4.69, 9.17) is 0 Å². The fourth-order valence-corrected chi connectivity index (χ4v) is 3.81. The number of hydrogen-bond donors (Lipinski definition) is 3. The largest absolute Gasteiger partial charge is 0.390 e. The molecule has 0 bridgehead atoms. The maximum atomic E-state index is 12.4. The number of carbonyl (C=O) groups excluding carboxylic acids is 1. The number of aliphatic hydroxyl groups is 1. The molecule has 1 heterocycles. The monoisotopic (exact) mass is 331 g/mol. The zero-order valence-corrected chi connectivity index (χ0v) is 14.9. The summed E-state index contributed by atoms with van der Waals surface area (Å²) >= 11 is 0. The first-order valence-corrected chi connectivity index (χ1v) is 8.92. The topological polar surface area (TPSA) is 64.6 Å². The Labute approximate surface area is 144 Å². The average Bonchev–Trinajstić information content (AvgIpc) is 2.83. The van der Waals surface area contributed by atoms with E-state index in [9.17, 15) is 9.90 Å². The predicted molar refractivity (Wildman–Crippen MR) is 94.9 cm³/mol. The second-order valence-corrected chi connectivity index (χ2v) is 8.00. The molecular formula is C19H29N3O2. The van der Waals surface area contributed by atoms with Crippen LogP contribution in [0.15, 0.2) is 24.3 Å². The molecule has 2 aliphatic rings. The smallest absolute Gasteiger partial charge is 0.315 e. The third kappa shape index (κ3) is 3.73. The van der Waals surface area contributed by atoms with Gasteiger partial charge in [0.15, 0.2) is 0 Å². The molecule has 5 heteroatoms. The van der Waals surface area contributed by atoms with Crippen molar-refractivity contribution in [3.8, 4) is 0 Å². The van der Waals surface area contributed by atoms with E-state index in [1.165, 1.54) is 0 Å². The first-order valence-electron chi connectivity index (χ1n) is 8.92. The second-order valence-electron chi connectivity index (χ2n) is 8.00. The average molecular weight is 331 g/mol. The molecule has 1 aliphatic heterocycles.